The third-order valence-corrected chi connectivity index (χ3v) is 9.24. The molecule has 1 N–H and O–H groups in total. The molecule has 0 saturated heterocycles. The SMILES string of the molecule is COc1ccc(CC2c3cc(OC)c(OC)cc3CCCN2C(C(=O)NC2Cc3ccccc3C2)c2ccccc2)cc1OC. The van der Waals surface area contributed by atoms with Gasteiger partial charge in [0.25, 0.3) is 0 Å². The number of carbonyl (C=O) groups is 1. The molecule has 234 valence electrons. The Balaban J connectivity index is 1.42. The third-order valence-electron chi connectivity index (χ3n) is 9.24. The molecular formula is C38H42N2O5. The number of rotatable bonds is 10. The maximum atomic E-state index is 14.5. The molecule has 4 aromatic carbocycles. The molecule has 7 nitrogen and oxygen atoms in total. The van der Waals surface area contributed by atoms with Gasteiger partial charge in [0.05, 0.1) is 28.4 Å². The van der Waals surface area contributed by atoms with E-state index in [-0.39, 0.29) is 18.0 Å². The first kappa shape index (κ1) is 30.5. The Morgan fingerprint density at radius 1 is 0.756 bits per heavy atom. The number of amides is 1. The van der Waals surface area contributed by atoms with Gasteiger partial charge in [0.2, 0.25) is 5.91 Å². The number of nitrogens with one attached hydrogen (secondary N) is 1. The smallest absolute Gasteiger partial charge is 0.242 e. The standard InChI is InChI=1S/C38H42N2O5/c1-42-33-17-16-25(20-34(33)43-2)19-32-31-24-36(45-4)35(44-3)23-29(31)15-10-18-40(32)37(26-11-6-5-7-12-26)38(41)39-30-21-27-13-8-9-14-28(27)22-30/h5-9,11-14,16-17,20,23-24,30,32,37H,10,15,18-19,21-22H2,1-4H3,(H,39,41). The molecule has 0 spiro atoms. The predicted molar refractivity (Wildman–Crippen MR) is 176 cm³/mol. The van der Waals surface area contributed by atoms with Gasteiger partial charge in [-0.05, 0) is 89.8 Å². The zero-order chi connectivity index (χ0) is 31.3. The summed E-state index contributed by atoms with van der Waals surface area (Å²) in [4.78, 5) is 16.9. The minimum atomic E-state index is -0.487. The molecule has 0 fully saturated rings. The number of benzene rings is 4. The zero-order valence-corrected chi connectivity index (χ0v) is 26.5. The Hall–Kier alpha value is -4.49. The van der Waals surface area contributed by atoms with Gasteiger partial charge in [0.15, 0.2) is 23.0 Å². The van der Waals surface area contributed by atoms with Gasteiger partial charge in [0, 0.05) is 18.6 Å². The normalized spacial score (nSPS) is 17.0. The van der Waals surface area contributed by atoms with Crippen LogP contribution in [-0.2, 0) is 30.5 Å². The molecule has 2 aliphatic rings. The van der Waals surface area contributed by atoms with Gasteiger partial charge in [-0.25, -0.2) is 0 Å². The van der Waals surface area contributed by atoms with Crippen LogP contribution in [0.15, 0.2) is 84.9 Å². The van der Waals surface area contributed by atoms with Gasteiger partial charge in [-0.15, -0.1) is 0 Å². The second kappa shape index (κ2) is 13.7. The molecule has 7 heteroatoms. The average molecular weight is 607 g/mol. The number of aryl methyl sites for hydroxylation is 1. The van der Waals surface area contributed by atoms with Crippen LogP contribution in [0.4, 0.5) is 0 Å². The summed E-state index contributed by atoms with van der Waals surface area (Å²) in [7, 11) is 6.64. The lowest BCUT2D eigenvalue weighted by molar-refractivity contribution is -0.128. The average Bonchev–Trinajstić information content (AvgIpc) is 3.41. The first-order chi connectivity index (χ1) is 22.0. The highest BCUT2D eigenvalue weighted by Gasteiger charge is 2.38. The van der Waals surface area contributed by atoms with E-state index in [9.17, 15) is 4.79 Å². The van der Waals surface area contributed by atoms with Crippen LogP contribution in [-0.4, -0.2) is 51.8 Å². The van der Waals surface area contributed by atoms with Crippen LogP contribution >= 0.6 is 0 Å². The van der Waals surface area contributed by atoms with E-state index < -0.39 is 6.04 Å². The highest BCUT2D eigenvalue weighted by atomic mass is 16.5. The van der Waals surface area contributed by atoms with Crippen LogP contribution in [0.1, 0.15) is 51.9 Å². The van der Waals surface area contributed by atoms with Gasteiger partial charge < -0.3 is 24.3 Å². The van der Waals surface area contributed by atoms with Crippen LogP contribution in [0.25, 0.3) is 0 Å². The number of fused-ring (bicyclic) bond motifs is 2. The molecule has 2 unspecified atom stereocenters. The van der Waals surface area contributed by atoms with Crippen molar-refractivity contribution in [2.75, 3.05) is 35.0 Å². The molecule has 1 heterocycles. The van der Waals surface area contributed by atoms with Crippen molar-refractivity contribution in [3.63, 3.8) is 0 Å². The summed E-state index contributed by atoms with van der Waals surface area (Å²) < 4.78 is 22.7. The minimum Gasteiger partial charge on any atom is -0.493 e. The number of ether oxygens (including phenoxy) is 4. The van der Waals surface area contributed by atoms with Crippen molar-refractivity contribution in [3.05, 3.63) is 118 Å². The molecule has 0 saturated carbocycles. The monoisotopic (exact) mass is 606 g/mol. The first-order valence-electron chi connectivity index (χ1n) is 15.7. The van der Waals surface area contributed by atoms with Crippen LogP contribution < -0.4 is 24.3 Å². The lowest BCUT2D eigenvalue weighted by Gasteiger charge is -2.38. The van der Waals surface area contributed by atoms with E-state index in [0.29, 0.717) is 29.4 Å². The second-order valence-corrected chi connectivity index (χ2v) is 11.9. The maximum Gasteiger partial charge on any atom is 0.242 e. The molecule has 1 aliphatic carbocycles. The Bertz CT molecular complexity index is 1610. The summed E-state index contributed by atoms with van der Waals surface area (Å²) >= 11 is 0. The van der Waals surface area contributed by atoms with Crippen LogP contribution in [0.5, 0.6) is 23.0 Å². The molecule has 45 heavy (non-hydrogen) atoms. The summed E-state index contributed by atoms with van der Waals surface area (Å²) in [5.41, 5.74) is 7.04. The molecule has 2 atom stereocenters. The first-order valence-corrected chi connectivity index (χ1v) is 15.7. The highest BCUT2D eigenvalue weighted by molar-refractivity contribution is 5.84. The molecule has 1 amide bonds. The van der Waals surface area contributed by atoms with Crippen molar-refractivity contribution >= 4 is 5.91 Å². The predicted octanol–water partition coefficient (Wildman–Crippen LogP) is 6.28. The summed E-state index contributed by atoms with van der Waals surface area (Å²) in [5, 5.41) is 3.46. The fraction of sp³-hybridized carbons (Fsp3) is 0.342. The van der Waals surface area contributed by atoms with E-state index in [1.807, 2.05) is 30.3 Å². The topological polar surface area (TPSA) is 69.3 Å². The van der Waals surface area contributed by atoms with E-state index in [2.05, 4.69) is 64.8 Å². The summed E-state index contributed by atoms with van der Waals surface area (Å²) in [6, 6.07) is 28.4. The van der Waals surface area contributed by atoms with Crippen molar-refractivity contribution in [3.8, 4) is 23.0 Å². The number of nitrogens with zero attached hydrogens (tertiary/aromatic N) is 1. The quantitative estimate of drug-likeness (QED) is 0.229. The summed E-state index contributed by atoms with van der Waals surface area (Å²) in [6.07, 6.45) is 4.12. The van der Waals surface area contributed by atoms with Crippen molar-refractivity contribution in [1.82, 2.24) is 10.2 Å². The lowest BCUT2D eigenvalue weighted by atomic mass is 9.91. The third kappa shape index (κ3) is 6.36. The molecule has 0 radical (unpaired) electrons. The van der Waals surface area contributed by atoms with Gasteiger partial charge in [0.1, 0.15) is 6.04 Å². The number of hydrogen-bond donors (Lipinski definition) is 1. The number of hydrogen-bond acceptors (Lipinski definition) is 6. The molecule has 1 aliphatic heterocycles. The fourth-order valence-electron chi connectivity index (χ4n) is 7.09. The fourth-order valence-corrected chi connectivity index (χ4v) is 7.09. The van der Waals surface area contributed by atoms with Gasteiger partial charge in [-0.2, -0.15) is 0 Å². The van der Waals surface area contributed by atoms with E-state index in [1.165, 1.54) is 16.7 Å². The lowest BCUT2D eigenvalue weighted by Crippen LogP contribution is -2.46. The van der Waals surface area contributed by atoms with Crippen molar-refractivity contribution < 1.29 is 23.7 Å². The van der Waals surface area contributed by atoms with Crippen LogP contribution in [0, 0.1) is 0 Å². The minimum absolute atomic E-state index is 0.0280. The number of carbonyl (C=O) groups excluding carboxylic acids is 1. The largest absolute Gasteiger partial charge is 0.493 e. The maximum absolute atomic E-state index is 14.5. The van der Waals surface area contributed by atoms with Gasteiger partial charge in [-0.1, -0.05) is 60.7 Å². The Labute approximate surface area is 266 Å². The molecule has 0 aromatic heterocycles. The molecule has 4 aromatic rings. The number of methoxy groups -OCH3 is 4. The summed E-state index contributed by atoms with van der Waals surface area (Å²) in [5.74, 6) is 2.79. The van der Waals surface area contributed by atoms with E-state index in [0.717, 1.165) is 48.9 Å². The Kier molecular flexibility index (Phi) is 9.26. The van der Waals surface area contributed by atoms with Crippen LogP contribution in [0.2, 0.25) is 0 Å². The molecular weight excluding hydrogens is 564 g/mol. The van der Waals surface area contributed by atoms with Crippen molar-refractivity contribution in [2.45, 2.75) is 50.2 Å². The van der Waals surface area contributed by atoms with E-state index in [4.69, 9.17) is 18.9 Å². The van der Waals surface area contributed by atoms with E-state index >= 15 is 0 Å². The van der Waals surface area contributed by atoms with Crippen molar-refractivity contribution in [1.29, 1.82) is 0 Å². The van der Waals surface area contributed by atoms with Crippen molar-refractivity contribution in [2.24, 2.45) is 0 Å². The second-order valence-electron chi connectivity index (χ2n) is 11.9. The summed E-state index contributed by atoms with van der Waals surface area (Å²) in [6.45, 7) is 0.745. The highest BCUT2D eigenvalue weighted by Crippen LogP contribution is 2.43. The van der Waals surface area contributed by atoms with E-state index in [1.54, 1.807) is 28.4 Å². The Morgan fingerprint density at radius 3 is 2.04 bits per heavy atom. The van der Waals surface area contributed by atoms with Gasteiger partial charge in [-0.3, -0.25) is 9.69 Å². The Morgan fingerprint density at radius 2 is 1.38 bits per heavy atom. The van der Waals surface area contributed by atoms with Crippen LogP contribution in [0.3, 0.4) is 0 Å². The molecule has 0 bridgehead atoms. The van der Waals surface area contributed by atoms with Gasteiger partial charge >= 0.3 is 0 Å². The zero-order valence-electron chi connectivity index (χ0n) is 26.5. The molecule has 6 rings (SSSR count).